The zero-order chi connectivity index (χ0) is 18.8. The summed E-state index contributed by atoms with van der Waals surface area (Å²) in [4.78, 5) is 21.2. The van der Waals surface area contributed by atoms with E-state index in [4.69, 9.17) is 0 Å². The lowest BCUT2D eigenvalue weighted by molar-refractivity contribution is 0.0976. The van der Waals surface area contributed by atoms with Crippen LogP contribution in [0.1, 0.15) is 23.2 Å². The highest BCUT2D eigenvalue weighted by Crippen LogP contribution is 2.30. The Morgan fingerprint density at radius 1 is 1.07 bits per heavy atom. The van der Waals surface area contributed by atoms with Gasteiger partial charge in [0.25, 0.3) is 5.91 Å². The number of thiazole rings is 1. The van der Waals surface area contributed by atoms with Gasteiger partial charge < -0.3 is 4.90 Å². The molecular weight excluding hydrogens is 368 g/mol. The molecule has 1 amide bonds. The molecule has 0 N–H and O–H groups in total. The van der Waals surface area contributed by atoms with Crippen LogP contribution in [0.3, 0.4) is 0 Å². The first-order valence-corrected chi connectivity index (χ1v) is 9.79. The van der Waals surface area contributed by atoms with Crippen molar-refractivity contribution in [1.82, 2.24) is 9.88 Å². The molecule has 2 heterocycles. The lowest BCUT2D eigenvalue weighted by atomic mass is 10.1. The van der Waals surface area contributed by atoms with Gasteiger partial charge >= 0.3 is 0 Å². The number of benzene rings is 2. The number of carbonyl (C=O) groups is 1. The van der Waals surface area contributed by atoms with Crippen molar-refractivity contribution in [2.24, 2.45) is 0 Å². The zero-order valence-electron chi connectivity index (χ0n) is 14.7. The second-order valence-electron chi connectivity index (χ2n) is 6.57. The summed E-state index contributed by atoms with van der Waals surface area (Å²) in [7, 11) is 0. The second-order valence-corrected chi connectivity index (χ2v) is 7.58. The number of para-hydroxylation sites is 1. The van der Waals surface area contributed by atoms with Crippen molar-refractivity contribution < 1.29 is 13.6 Å². The SMILES string of the molecule is O=C(c1c(F)cccc1F)N(CCN1CCCC1)c1nc2ccccc2s1. The van der Waals surface area contributed by atoms with Crippen LogP contribution in [-0.4, -0.2) is 42.0 Å². The summed E-state index contributed by atoms with van der Waals surface area (Å²) < 4.78 is 29.3. The molecule has 1 fully saturated rings. The van der Waals surface area contributed by atoms with Crippen LogP contribution in [0.15, 0.2) is 42.5 Å². The van der Waals surface area contributed by atoms with Crippen LogP contribution in [-0.2, 0) is 0 Å². The van der Waals surface area contributed by atoms with Gasteiger partial charge in [-0.05, 0) is 50.2 Å². The minimum Gasteiger partial charge on any atom is -0.302 e. The smallest absolute Gasteiger partial charge is 0.266 e. The van der Waals surface area contributed by atoms with E-state index in [1.807, 2.05) is 24.3 Å². The van der Waals surface area contributed by atoms with E-state index in [0.717, 1.165) is 48.3 Å². The number of hydrogen-bond donors (Lipinski definition) is 0. The lowest BCUT2D eigenvalue weighted by Crippen LogP contribution is -2.38. The second kappa shape index (κ2) is 7.70. The summed E-state index contributed by atoms with van der Waals surface area (Å²) in [6, 6.07) is 11.0. The minimum atomic E-state index is -0.854. The van der Waals surface area contributed by atoms with Gasteiger partial charge in [-0.3, -0.25) is 9.69 Å². The molecule has 0 saturated carbocycles. The number of carbonyl (C=O) groups excluding carboxylic acids is 1. The molecule has 7 heteroatoms. The molecule has 2 aromatic carbocycles. The molecule has 0 aliphatic carbocycles. The molecule has 1 aliphatic rings. The predicted octanol–water partition coefficient (Wildman–Crippen LogP) is 4.32. The number of aromatic nitrogens is 1. The third-order valence-electron chi connectivity index (χ3n) is 4.77. The fourth-order valence-corrected chi connectivity index (χ4v) is 4.33. The van der Waals surface area contributed by atoms with Gasteiger partial charge in [0, 0.05) is 13.1 Å². The van der Waals surface area contributed by atoms with Crippen molar-refractivity contribution in [2.45, 2.75) is 12.8 Å². The molecule has 1 aliphatic heterocycles. The molecule has 0 spiro atoms. The van der Waals surface area contributed by atoms with Crippen LogP contribution in [0.4, 0.5) is 13.9 Å². The Balaban J connectivity index is 1.69. The Bertz CT molecular complexity index is 916. The standard InChI is InChI=1S/C20H19F2N3OS/c21-14-6-5-7-15(22)18(14)19(26)25(13-12-24-10-3-4-11-24)20-23-16-8-1-2-9-17(16)27-20/h1-2,5-9H,3-4,10-13H2. The fraction of sp³-hybridized carbons (Fsp3) is 0.300. The van der Waals surface area contributed by atoms with Crippen LogP contribution in [0.5, 0.6) is 0 Å². The number of fused-ring (bicyclic) bond motifs is 1. The first-order valence-electron chi connectivity index (χ1n) is 8.97. The summed E-state index contributed by atoms with van der Waals surface area (Å²) in [5.74, 6) is -2.40. The quantitative estimate of drug-likeness (QED) is 0.654. The van der Waals surface area contributed by atoms with E-state index in [2.05, 4.69) is 9.88 Å². The van der Waals surface area contributed by atoms with Crippen molar-refractivity contribution in [3.63, 3.8) is 0 Å². The molecule has 0 unspecified atom stereocenters. The molecule has 0 atom stereocenters. The summed E-state index contributed by atoms with van der Waals surface area (Å²) >= 11 is 1.35. The highest BCUT2D eigenvalue weighted by atomic mass is 32.1. The maximum absolute atomic E-state index is 14.2. The average Bonchev–Trinajstić information content (AvgIpc) is 3.31. The van der Waals surface area contributed by atoms with Crippen LogP contribution in [0.25, 0.3) is 10.2 Å². The van der Waals surface area contributed by atoms with Gasteiger partial charge in [-0.1, -0.05) is 29.5 Å². The number of rotatable bonds is 5. The Hall–Kier alpha value is -2.38. The molecule has 4 nitrogen and oxygen atoms in total. The summed E-state index contributed by atoms with van der Waals surface area (Å²) in [6.45, 7) is 2.95. The van der Waals surface area contributed by atoms with Gasteiger partial charge in [0.05, 0.1) is 10.2 Å². The maximum atomic E-state index is 14.2. The predicted molar refractivity (Wildman–Crippen MR) is 103 cm³/mol. The Morgan fingerprint density at radius 2 is 1.78 bits per heavy atom. The zero-order valence-corrected chi connectivity index (χ0v) is 15.5. The molecule has 0 radical (unpaired) electrons. The molecule has 4 rings (SSSR count). The van der Waals surface area contributed by atoms with Crippen LogP contribution in [0, 0.1) is 11.6 Å². The van der Waals surface area contributed by atoms with Gasteiger partial charge in [-0.2, -0.15) is 0 Å². The number of likely N-dealkylation sites (tertiary alicyclic amines) is 1. The van der Waals surface area contributed by atoms with Gasteiger partial charge in [0.1, 0.15) is 17.2 Å². The lowest BCUT2D eigenvalue weighted by Gasteiger charge is -2.23. The Labute approximate surface area is 160 Å². The monoisotopic (exact) mass is 387 g/mol. The Kier molecular flexibility index (Phi) is 5.13. The van der Waals surface area contributed by atoms with Crippen molar-refractivity contribution in [2.75, 3.05) is 31.1 Å². The first kappa shape index (κ1) is 18.0. The molecule has 140 valence electrons. The molecule has 0 bridgehead atoms. The normalized spacial score (nSPS) is 14.7. The van der Waals surface area contributed by atoms with Gasteiger partial charge in [0.2, 0.25) is 0 Å². The van der Waals surface area contributed by atoms with E-state index < -0.39 is 23.1 Å². The van der Waals surface area contributed by atoms with Crippen LogP contribution >= 0.6 is 11.3 Å². The largest absolute Gasteiger partial charge is 0.302 e. The van der Waals surface area contributed by atoms with E-state index in [1.165, 1.54) is 22.3 Å². The summed E-state index contributed by atoms with van der Waals surface area (Å²) in [5.41, 5.74) is 0.239. The highest BCUT2D eigenvalue weighted by molar-refractivity contribution is 7.22. The Morgan fingerprint density at radius 3 is 2.48 bits per heavy atom. The van der Waals surface area contributed by atoms with Gasteiger partial charge in [-0.25, -0.2) is 13.8 Å². The molecule has 1 aromatic heterocycles. The van der Waals surface area contributed by atoms with E-state index >= 15 is 0 Å². The van der Waals surface area contributed by atoms with E-state index in [0.29, 0.717) is 18.2 Å². The van der Waals surface area contributed by atoms with Gasteiger partial charge in [0.15, 0.2) is 5.13 Å². The summed E-state index contributed by atoms with van der Waals surface area (Å²) in [5, 5.41) is 0.461. The number of amides is 1. The third-order valence-corrected chi connectivity index (χ3v) is 5.83. The number of nitrogens with zero attached hydrogens (tertiary/aromatic N) is 3. The number of halogens is 2. The third kappa shape index (κ3) is 3.70. The van der Waals surface area contributed by atoms with Crippen molar-refractivity contribution in [3.8, 4) is 0 Å². The van der Waals surface area contributed by atoms with E-state index in [-0.39, 0.29) is 0 Å². The van der Waals surface area contributed by atoms with Crippen LogP contribution < -0.4 is 4.90 Å². The van der Waals surface area contributed by atoms with Crippen LogP contribution in [0.2, 0.25) is 0 Å². The number of anilines is 1. The molecule has 3 aromatic rings. The van der Waals surface area contributed by atoms with E-state index in [1.54, 1.807) is 0 Å². The topological polar surface area (TPSA) is 36.4 Å². The van der Waals surface area contributed by atoms with Crippen molar-refractivity contribution >= 4 is 32.6 Å². The number of hydrogen-bond acceptors (Lipinski definition) is 4. The van der Waals surface area contributed by atoms with E-state index in [9.17, 15) is 13.6 Å². The highest BCUT2D eigenvalue weighted by Gasteiger charge is 2.27. The van der Waals surface area contributed by atoms with Crippen molar-refractivity contribution in [1.29, 1.82) is 0 Å². The average molecular weight is 387 g/mol. The molecule has 1 saturated heterocycles. The fourth-order valence-electron chi connectivity index (χ4n) is 3.34. The minimum absolute atomic E-state index is 0.340. The van der Waals surface area contributed by atoms with Crippen molar-refractivity contribution in [3.05, 3.63) is 59.7 Å². The first-order chi connectivity index (χ1) is 13.1. The summed E-state index contributed by atoms with van der Waals surface area (Å²) in [6.07, 6.45) is 2.27. The molecule has 27 heavy (non-hydrogen) atoms. The molecular formula is C20H19F2N3OS. The van der Waals surface area contributed by atoms with Gasteiger partial charge in [-0.15, -0.1) is 0 Å². The maximum Gasteiger partial charge on any atom is 0.266 e.